The van der Waals surface area contributed by atoms with Crippen LogP contribution in [-0.4, -0.2) is 37.7 Å². The average molecular weight is 279 g/mol. The second-order valence-electron chi connectivity index (χ2n) is 4.59. The number of hydrogen-bond donors (Lipinski definition) is 0. The minimum Gasteiger partial charge on any atom is -0.461 e. The van der Waals surface area contributed by atoms with Crippen molar-refractivity contribution in [3.8, 4) is 0 Å². The molecule has 0 spiro atoms. The van der Waals surface area contributed by atoms with Crippen LogP contribution in [0.2, 0.25) is 0 Å². The lowest BCUT2D eigenvalue weighted by Crippen LogP contribution is -2.13. The molecule has 0 saturated heterocycles. The van der Waals surface area contributed by atoms with Gasteiger partial charge in [0.15, 0.2) is 11.5 Å². The predicted octanol–water partition coefficient (Wildman–Crippen LogP) is 1.32. The van der Waals surface area contributed by atoms with Crippen molar-refractivity contribution in [3.63, 3.8) is 0 Å². The van der Waals surface area contributed by atoms with Gasteiger partial charge in [-0.25, -0.2) is 9.48 Å². The van der Waals surface area contributed by atoms with Crippen LogP contribution >= 0.6 is 0 Å². The summed E-state index contributed by atoms with van der Waals surface area (Å²) in [5.41, 5.74) is 0.928. The maximum absolute atomic E-state index is 11.9. The van der Waals surface area contributed by atoms with Gasteiger partial charge in [-0.2, -0.15) is 4.98 Å². The highest BCUT2D eigenvalue weighted by Crippen LogP contribution is 2.19. The van der Waals surface area contributed by atoms with E-state index < -0.39 is 5.97 Å². The molecule has 0 N–H and O–H groups in total. The molecule has 0 amide bonds. The molecule has 0 aliphatic rings. The van der Waals surface area contributed by atoms with Crippen molar-refractivity contribution >= 4 is 5.97 Å². The lowest BCUT2D eigenvalue weighted by Gasteiger charge is -2.08. The Bertz CT molecular complexity index is 602. The van der Waals surface area contributed by atoms with Crippen molar-refractivity contribution in [2.75, 3.05) is 6.61 Å². The zero-order valence-corrected chi connectivity index (χ0v) is 12.0. The number of carbonyl (C=O) groups excluding carboxylic acids is 1. The molecule has 0 saturated carbocycles. The maximum Gasteiger partial charge on any atom is 0.360 e. The number of nitrogens with zero attached hydrogens (tertiary/aromatic N) is 5. The Morgan fingerprint density at radius 3 is 2.75 bits per heavy atom. The van der Waals surface area contributed by atoms with E-state index in [1.165, 1.54) is 0 Å². The molecule has 0 aromatic carbocycles. The van der Waals surface area contributed by atoms with Gasteiger partial charge in [-0.05, 0) is 19.8 Å². The van der Waals surface area contributed by atoms with Gasteiger partial charge in [-0.3, -0.25) is 0 Å². The third-order valence-electron chi connectivity index (χ3n) is 2.64. The fourth-order valence-electron chi connectivity index (χ4n) is 1.89. The molecule has 0 fully saturated rings. The van der Waals surface area contributed by atoms with Crippen LogP contribution in [0, 0.1) is 6.92 Å². The van der Waals surface area contributed by atoms with Crippen LogP contribution in [0.15, 0.2) is 4.52 Å². The summed E-state index contributed by atoms with van der Waals surface area (Å²) in [5.74, 6) is 0.569. The number of esters is 1. The zero-order chi connectivity index (χ0) is 14.7. The zero-order valence-electron chi connectivity index (χ0n) is 12.0. The molecule has 8 heteroatoms. The van der Waals surface area contributed by atoms with E-state index in [4.69, 9.17) is 9.26 Å². The Labute approximate surface area is 116 Å². The fourth-order valence-corrected chi connectivity index (χ4v) is 1.89. The van der Waals surface area contributed by atoms with Crippen LogP contribution in [-0.2, 0) is 11.3 Å². The van der Waals surface area contributed by atoms with Crippen molar-refractivity contribution in [1.82, 2.24) is 25.1 Å². The Balaban J connectivity index is 2.31. The Morgan fingerprint density at radius 2 is 2.20 bits per heavy atom. The van der Waals surface area contributed by atoms with Crippen molar-refractivity contribution in [3.05, 3.63) is 23.1 Å². The van der Waals surface area contributed by atoms with Crippen LogP contribution in [0.3, 0.4) is 0 Å². The van der Waals surface area contributed by atoms with Crippen LogP contribution in [0.4, 0.5) is 0 Å². The standard InChI is InChI=1S/C12H17N5O3/c1-5-19-12(18)10-11(7(2)3)17(16-14-10)6-9-13-8(4)15-20-9/h7H,5-6H2,1-4H3. The molecule has 2 heterocycles. The lowest BCUT2D eigenvalue weighted by molar-refractivity contribution is 0.0517. The van der Waals surface area contributed by atoms with Gasteiger partial charge >= 0.3 is 5.97 Å². The smallest absolute Gasteiger partial charge is 0.360 e. The highest BCUT2D eigenvalue weighted by molar-refractivity contribution is 5.88. The molecular weight excluding hydrogens is 262 g/mol. The van der Waals surface area contributed by atoms with Crippen molar-refractivity contribution in [2.45, 2.75) is 40.2 Å². The van der Waals surface area contributed by atoms with Gasteiger partial charge in [-0.1, -0.05) is 24.2 Å². The first-order valence-corrected chi connectivity index (χ1v) is 6.42. The van der Waals surface area contributed by atoms with Gasteiger partial charge < -0.3 is 9.26 Å². The number of hydrogen-bond acceptors (Lipinski definition) is 7. The molecule has 0 unspecified atom stereocenters. The largest absolute Gasteiger partial charge is 0.461 e. The van der Waals surface area contributed by atoms with Crippen molar-refractivity contribution < 1.29 is 14.1 Å². The third kappa shape index (κ3) is 2.84. The van der Waals surface area contributed by atoms with Gasteiger partial charge in [-0.15, -0.1) is 5.10 Å². The normalized spacial score (nSPS) is 11.1. The van der Waals surface area contributed by atoms with Crippen LogP contribution in [0.5, 0.6) is 0 Å². The molecule has 8 nitrogen and oxygen atoms in total. The molecule has 0 aliphatic carbocycles. The monoisotopic (exact) mass is 279 g/mol. The molecule has 2 aromatic heterocycles. The number of carbonyl (C=O) groups is 1. The summed E-state index contributed by atoms with van der Waals surface area (Å²) in [6.07, 6.45) is 0. The third-order valence-corrected chi connectivity index (χ3v) is 2.64. The second kappa shape index (κ2) is 5.81. The summed E-state index contributed by atoms with van der Waals surface area (Å²) in [6, 6.07) is 0. The molecule has 2 aromatic rings. The molecule has 2 rings (SSSR count). The van der Waals surface area contributed by atoms with Gasteiger partial charge in [0.05, 0.1) is 12.3 Å². The summed E-state index contributed by atoms with van der Waals surface area (Å²) in [4.78, 5) is 16.0. The van der Waals surface area contributed by atoms with E-state index in [1.807, 2.05) is 13.8 Å². The number of aromatic nitrogens is 5. The first-order chi connectivity index (χ1) is 9.52. The van der Waals surface area contributed by atoms with Crippen LogP contribution in [0.1, 0.15) is 54.6 Å². The quantitative estimate of drug-likeness (QED) is 0.761. The van der Waals surface area contributed by atoms with E-state index in [9.17, 15) is 4.79 Å². The molecular formula is C12H17N5O3. The molecule has 0 radical (unpaired) electrons. The van der Waals surface area contributed by atoms with Gasteiger partial charge in [0.25, 0.3) is 0 Å². The topological polar surface area (TPSA) is 95.9 Å². The second-order valence-corrected chi connectivity index (χ2v) is 4.59. The first-order valence-electron chi connectivity index (χ1n) is 6.42. The fraction of sp³-hybridized carbons (Fsp3) is 0.583. The van der Waals surface area contributed by atoms with E-state index in [1.54, 1.807) is 18.5 Å². The molecule has 20 heavy (non-hydrogen) atoms. The summed E-state index contributed by atoms with van der Waals surface area (Å²) < 4.78 is 11.6. The predicted molar refractivity (Wildman–Crippen MR) is 68.2 cm³/mol. The molecule has 0 aliphatic heterocycles. The molecule has 108 valence electrons. The van der Waals surface area contributed by atoms with Gasteiger partial charge in [0, 0.05) is 0 Å². The number of rotatable bonds is 5. The van der Waals surface area contributed by atoms with E-state index in [0.717, 1.165) is 0 Å². The van der Waals surface area contributed by atoms with E-state index >= 15 is 0 Å². The van der Waals surface area contributed by atoms with Crippen LogP contribution < -0.4 is 0 Å². The van der Waals surface area contributed by atoms with E-state index in [2.05, 4.69) is 20.5 Å². The van der Waals surface area contributed by atoms with Gasteiger partial charge in [0.1, 0.15) is 6.54 Å². The van der Waals surface area contributed by atoms with Gasteiger partial charge in [0.2, 0.25) is 5.89 Å². The van der Waals surface area contributed by atoms with E-state index in [0.29, 0.717) is 24.0 Å². The summed E-state index contributed by atoms with van der Waals surface area (Å²) in [7, 11) is 0. The number of ether oxygens (including phenoxy) is 1. The molecule has 0 bridgehead atoms. The first kappa shape index (κ1) is 14.2. The maximum atomic E-state index is 11.9. The number of aryl methyl sites for hydroxylation is 1. The summed E-state index contributed by atoms with van der Waals surface area (Å²) in [6.45, 7) is 7.97. The minimum absolute atomic E-state index is 0.0634. The summed E-state index contributed by atoms with van der Waals surface area (Å²) in [5, 5.41) is 11.6. The minimum atomic E-state index is -0.468. The SMILES string of the molecule is CCOC(=O)c1nnn(Cc2nc(C)no2)c1C(C)C. The highest BCUT2D eigenvalue weighted by Gasteiger charge is 2.23. The Morgan fingerprint density at radius 1 is 1.45 bits per heavy atom. The Kier molecular flexibility index (Phi) is 4.11. The lowest BCUT2D eigenvalue weighted by atomic mass is 10.1. The highest BCUT2D eigenvalue weighted by atomic mass is 16.5. The summed E-state index contributed by atoms with van der Waals surface area (Å²) >= 11 is 0. The molecule has 0 atom stereocenters. The Hall–Kier alpha value is -2.25. The average Bonchev–Trinajstić information content (AvgIpc) is 2.96. The van der Waals surface area contributed by atoms with E-state index in [-0.39, 0.29) is 18.2 Å². The van der Waals surface area contributed by atoms with Crippen molar-refractivity contribution in [1.29, 1.82) is 0 Å². The van der Waals surface area contributed by atoms with Crippen LogP contribution in [0.25, 0.3) is 0 Å². The van der Waals surface area contributed by atoms with Crippen molar-refractivity contribution in [2.24, 2.45) is 0 Å².